The number of nitrogens with zero attached hydrogens (tertiary/aromatic N) is 1. The number of hydrogen-bond acceptors (Lipinski definition) is 3. The van der Waals surface area contributed by atoms with Gasteiger partial charge in [0.05, 0.1) is 16.7 Å². The average molecular weight is 399 g/mol. The number of rotatable bonds is 5. The Morgan fingerprint density at radius 2 is 1.62 bits per heavy atom. The highest BCUT2D eigenvalue weighted by atomic mass is 19.4. The molecule has 0 radical (unpaired) electrons. The van der Waals surface area contributed by atoms with E-state index in [1.165, 1.54) is 18.3 Å². The van der Waals surface area contributed by atoms with Crippen LogP contribution in [-0.4, -0.2) is 16.8 Å². The van der Waals surface area contributed by atoms with Crippen LogP contribution in [0.1, 0.15) is 31.8 Å². The monoisotopic (exact) mass is 399 g/mol. The van der Waals surface area contributed by atoms with Crippen LogP contribution in [0, 0.1) is 0 Å². The maximum absolute atomic E-state index is 13.2. The molecule has 0 saturated carbocycles. The van der Waals surface area contributed by atoms with E-state index in [2.05, 4.69) is 15.6 Å². The van der Waals surface area contributed by atoms with Gasteiger partial charge in [0, 0.05) is 24.6 Å². The molecule has 148 valence electrons. The van der Waals surface area contributed by atoms with Crippen molar-refractivity contribution in [1.82, 2.24) is 10.3 Å². The molecule has 1 heterocycles. The van der Waals surface area contributed by atoms with E-state index in [0.717, 1.165) is 12.1 Å². The third-order valence-electron chi connectivity index (χ3n) is 4.11. The van der Waals surface area contributed by atoms with Crippen molar-refractivity contribution in [3.8, 4) is 0 Å². The van der Waals surface area contributed by atoms with E-state index < -0.39 is 23.2 Å². The van der Waals surface area contributed by atoms with Gasteiger partial charge in [-0.3, -0.25) is 14.6 Å². The van der Waals surface area contributed by atoms with Gasteiger partial charge in [0.1, 0.15) is 0 Å². The fourth-order valence-corrected chi connectivity index (χ4v) is 2.69. The van der Waals surface area contributed by atoms with Crippen LogP contribution in [0.25, 0.3) is 0 Å². The molecule has 0 spiro atoms. The Labute approximate surface area is 164 Å². The second-order valence-electron chi connectivity index (χ2n) is 6.08. The standard InChI is InChI=1S/C21H16F3N3O2/c22-21(23,24)17-9-3-2-8-16(17)20(29)27-18-10-4-1-6-14(18)13-26-19(28)15-7-5-11-25-12-15/h1-12H,13H2,(H,26,28)(H,27,29). The SMILES string of the molecule is O=C(NCc1ccccc1NC(=O)c1ccccc1C(F)(F)F)c1cccnc1. The second kappa shape index (κ2) is 8.55. The first-order valence-corrected chi connectivity index (χ1v) is 8.60. The molecule has 0 fully saturated rings. The van der Waals surface area contributed by atoms with Crippen LogP contribution in [0.5, 0.6) is 0 Å². The van der Waals surface area contributed by atoms with E-state index in [9.17, 15) is 22.8 Å². The highest BCUT2D eigenvalue weighted by molar-refractivity contribution is 6.05. The molecule has 3 aromatic rings. The van der Waals surface area contributed by atoms with E-state index >= 15 is 0 Å². The molecule has 2 aromatic carbocycles. The lowest BCUT2D eigenvalue weighted by atomic mass is 10.1. The summed E-state index contributed by atoms with van der Waals surface area (Å²) in [5.74, 6) is -1.24. The Morgan fingerprint density at radius 3 is 2.34 bits per heavy atom. The van der Waals surface area contributed by atoms with Gasteiger partial charge in [-0.15, -0.1) is 0 Å². The van der Waals surface area contributed by atoms with E-state index in [-0.39, 0.29) is 12.5 Å². The average Bonchev–Trinajstić information content (AvgIpc) is 2.73. The molecule has 0 aliphatic carbocycles. The number of amides is 2. The first-order valence-electron chi connectivity index (χ1n) is 8.60. The second-order valence-corrected chi connectivity index (χ2v) is 6.08. The summed E-state index contributed by atoms with van der Waals surface area (Å²) in [6.45, 7) is 0.0745. The summed E-state index contributed by atoms with van der Waals surface area (Å²) in [7, 11) is 0. The van der Waals surface area contributed by atoms with Crippen LogP contribution in [0.2, 0.25) is 0 Å². The molecule has 8 heteroatoms. The summed E-state index contributed by atoms with van der Waals surface area (Å²) in [4.78, 5) is 28.5. The lowest BCUT2D eigenvalue weighted by Crippen LogP contribution is -2.24. The zero-order chi connectivity index (χ0) is 20.9. The van der Waals surface area contributed by atoms with Crippen molar-refractivity contribution in [2.24, 2.45) is 0 Å². The molecular weight excluding hydrogens is 383 g/mol. The zero-order valence-corrected chi connectivity index (χ0v) is 15.0. The molecule has 0 unspecified atom stereocenters. The van der Waals surface area contributed by atoms with Gasteiger partial charge in [-0.25, -0.2) is 0 Å². The number of halogens is 3. The fraction of sp³-hybridized carbons (Fsp3) is 0.0952. The minimum Gasteiger partial charge on any atom is -0.348 e. The smallest absolute Gasteiger partial charge is 0.348 e. The van der Waals surface area contributed by atoms with Crippen molar-refractivity contribution in [3.05, 3.63) is 95.3 Å². The van der Waals surface area contributed by atoms with E-state index in [1.54, 1.807) is 42.6 Å². The number of para-hydroxylation sites is 1. The molecule has 3 rings (SSSR count). The first-order chi connectivity index (χ1) is 13.9. The molecule has 0 atom stereocenters. The summed E-state index contributed by atoms with van der Waals surface area (Å²) < 4.78 is 39.5. The largest absolute Gasteiger partial charge is 0.417 e. The zero-order valence-electron chi connectivity index (χ0n) is 15.0. The number of hydrogen-bond donors (Lipinski definition) is 2. The minimum atomic E-state index is -4.65. The number of alkyl halides is 3. The Bertz CT molecular complexity index is 1020. The molecule has 0 aliphatic heterocycles. The number of pyridine rings is 1. The molecule has 2 amide bonds. The van der Waals surface area contributed by atoms with Crippen LogP contribution >= 0.6 is 0 Å². The van der Waals surface area contributed by atoms with Crippen molar-refractivity contribution in [3.63, 3.8) is 0 Å². The number of nitrogens with one attached hydrogen (secondary N) is 2. The molecule has 0 saturated heterocycles. The van der Waals surface area contributed by atoms with Gasteiger partial charge >= 0.3 is 6.18 Å². The lowest BCUT2D eigenvalue weighted by molar-refractivity contribution is -0.137. The van der Waals surface area contributed by atoms with Gasteiger partial charge in [0.2, 0.25) is 0 Å². The topological polar surface area (TPSA) is 71.1 Å². The molecule has 1 aromatic heterocycles. The number of carbonyl (C=O) groups is 2. The van der Waals surface area contributed by atoms with Crippen LogP contribution in [-0.2, 0) is 12.7 Å². The van der Waals surface area contributed by atoms with Crippen LogP contribution in [0.15, 0.2) is 73.1 Å². The lowest BCUT2D eigenvalue weighted by Gasteiger charge is -2.15. The number of anilines is 1. The number of benzene rings is 2. The van der Waals surface area contributed by atoms with Crippen LogP contribution in [0.4, 0.5) is 18.9 Å². The quantitative estimate of drug-likeness (QED) is 0.673. The molecule has 0 bridgehead atoms. The predicted octanol–water partition coefficient (Wildman–Crippen LogP) is 4.28. The Balaban J connectivity index is 1.76. The van der Waals surface area contributed by atoms with E-state index in [4.69, 9.17) is 0 Å². The summed E-state index contributed by atoms with van der Waals surface area (Å²) in [6.07, 6.45) is -1.69. The summed E-state index contributed by atoms with van der Waals surface area (Å²) in [5.41, 5.74) is -0.272. The Kier molecular flexibility index (Phi) is 5.92. The van der Waals surface area contributed by atoms with Crippen LogP contribution in [0.3, 0.4) is 0 Å². The van der Waals surface area contributed by atoms with Gasteiger partial charge in [0.25, 0.3) is 11.8 Å². The van der Waals surface area contributed by atoms with Gasteiger partial charge in [-0.2, -0.15) is 13.2 Å². The Morgan fingerprint density at radius 1 is 0.897 bits per heavy atom. The van der Waals surface area contributed by atoms with Crippen molar-refractivity contribution in [2.75, 3.05) is 5.32 Å². The van der Waals surface area contributed by atoms with Gasteiger partial charge < -0.3 is 10.6 Å². The first kappa shape index (κ1) is 20.1. The maximum atomic E-state index is 13.2. The van der Waals surface area contributed by atoms with Crippen molar-refractivity contribution >= 4 is 17.5 Å². The summed E-state index contributed by atoms with van der Waals surface area (Å²) in [6, 6.07) is 14.3. The number of carbonyl (C=O) groups excluding carboxylic acids is 2. The van der Waals surface area contributed by atoms with Crippen LogP contribution < -0.4 is 10.6 Å². The molecule has 5 nitrogen and oxygen atoms in total. The van der Waals surface area contributed by atoms with Crippen molar-refractivity contribution < 1.29 is 22.8 Å². The molecular formula is C21H16F3N3O2. The number of aromatic nitrogens is 1. The third-order valence-corrected chi connectivity index (χ3v) is 4.11. The van der Waals surface area contributed by atoms with Crippen molar-refractivity contribution in [2.45, 2.75) is 12.7 Å². The molecule has 2 N–H and O–H groups in total. The van der Waals surface area contributed by atoms with E-state index in [0.29, 0.717) is 16.8 Å². The predicted molar refractivity (Wildman–Crippen MR) is 101 cm³/mol. The highest BCUT2D eigenvalue weighted by Crippen LogP contribution is 2.32. The minimum absolute atomic E-state index is 0.0745. The summed E-state index contributed by atoms with van der Waals surface area (Å²) >= 11 is 0. The van der Waals surface area contributed by atoms with E-state index in [1.807, 2.05) is 0 Å². The highest BCUT2D eigenvalue weighted by Gasteiger charge is 2.34. The molecule has 29 heavy (non-hydrogen) atoms. The Hall–Kier alpha value is -3.68. The third kappa shape index (κ3) is 4.98. The van der Waals surface area contributed by atoms with Gasteiger partial charge in [-0.05, 0) is 35.9 Å². The van der Waals surface area contributed by atoms with Gasteiger partial charge in [-0.1, -0.05) is 30.3 Å². The normalized spacial score (nSPS) is 11.0. The van der Waals surface area contributed by atoms with Gasteiger partial charge in [0.15, 0.2) is 0 Å². The summed E-state index contributed by atoms with van der Waals surface area (Å²) in [5, 5.41) is 5.19. The maximum Gasteiger partial charge on any atom is 0.417 e. The molecule has 0 aliphatic rings. The van der Waals surface area contributed by atoms with Crippen molar-refractivity contribution in [1.29, 1.82) is 0 Å². The fourth-order valence-electron chi connectivity index (χ4n) is 2.69.